The van der Waals surface area contributed by atoms with Crippen molar-refractivity contribution in [1.82, 2.24) is 9.88 Å². The zero-order valence-electron chi connectivity index (χ0n) is 15.8. The number of nitrogens with one attached hydrogen (secondary N) is 1. The van der Waals surface area contributed by atoms with Crippen molar-refractivity contribution < 1.29 is 9.47 Å². The maximum atomic E-state index is 5.83. The standard InChI is InChI=1S/C21H29N3O2/c1-3-13-26-21-14-17(6-7-20(21)25-2)16-24-11-8-18(9-12-24)23-19-5-4-10-22-15-19/h4-7,10,14-15,18,23H,3,8-9,11-13,16H2,1-2H3. The van der Waals surface area contributed by atoms with Gasteiger partial charge < -0.3 is 14.8 Å². The SMILES string of the molecule is CCCOc1cc(CN2CCC(Nc3cccnc3)CC2)ccc1OC. The Hall–Kier alpha value is -2.27. The summed E-state index contributed by atoms with van der Waals surface area (Å²) in [5, 5.41) is 3.59. The number of nitrogens with zero attached hydrogens (tertiary/aromatic N) is 2. The van der Waals surface area contributed by atoms with Crippen molar-refractivity contribution in [3.63, 3.8) is 0 Å². The van der Waals surface area contributed by atoms with Gasteiger partial charge in [-0.05, 0) is 49.1 Å². The highest BCUT2D eigenvalue weighted by Crippen LogP contribution is 2.29. The molecule has 1 aliphatic rings. The molecular weight excluding hydrogens is 326 g/mol. The van der Waals surface area contributed by atoms with Crippen molar-refractivity contribution in [2.24, 2.45) is 0 Å². The van der Waals surface area contributed by atoms with E-state index in [2.05, 4.69) is 40.3 Å². The van der Waals surface area contributed by atoms with Crippen LogP contribution in [0.4, 0.5) is 5.69 Å². The van der Waals surface area contributed by atoms with E-state index >= 15 is 0 Å². The van der Waals surface area contributed by atoms with E-state index in [0.717, 1.165) is 56.1 Å². The monoisotopic (exact) mass is 355 g/mol. The van der Waals surface area contributed by atoms with Crippen molar-refractivity contribution in [2.45, 2.75) is 38.8 Å². The highest BCUT2D eigenvalue weighted by molar-refractivity contribution is 5.43. The summed E-state index contributed by atoms with van der Waals surface area (Å²) < 4.78 is 11.2. The van der Waals surface area contributed by atoms with Crippen LogP contribution in [-0.4, -0.2) is 42.7 Å². The molecule has 1 fully saturated rings. The first-order valence-corrected chi connectivity index (χ1v) is 9.47. The molecule has 0 amide bonds. The number of ether oxygens (including phenoxy) is 2. The maximum absolute atomic E-state index is 5.83. The maximum Gasteiger partial charge on any atom is 0.161 e. The molecule has 5 nitrogen and oxygen atoms in total. The fourth-order valence-electron chi connectivity index (χ4n) is 3.32. The highest BCUT2D eigenvalue weighted by atomic mass is 16.5. The highest BCUT2D eigenvalue weighted by Gasteiger charge is 2.19. The molecule has 26 heavy (non-hydrogen) atoms. The minimum atomic E-state index is 0.523. The van der Waals surface area contributed by atoms with Crippen LogP contribution in [0, 0.1) is 0 Å². The van der Waals surface area contributed by atoms with Gasteiger partial charge in [-0.3, -0.25) is 9.88 Å². The fraction of sp³-hybridized carbons (Fsp3) is 0.476. The summed E-state index contributed by atoms with van der Waals surface area (Å²) in [5.41, 5.74) is 2.38. The third-order valence-corrected chi connectivity index (χ3v) is 4.72. The quantitative estimate of drug-likeness (QED) is 0.777. The minimum absolute atomic E-state index is 0.523. The van der Waals surface area contributed by atoms with Gasteiger partial charge in [-0.25, -0.2) is 0 Å². The molecule has 0 aliphatic carbocycles. The van der Waals surface area contributed by atoms with Crippen LogP contribution in [0.2, 0.25) is 0 Å². The van der Waals surface area contributed by atoms with E-state index in [1.165, 1.54) is 5.56 Å². The molecule has 3 rings (SSSR count). The van der Waals surface area contributed by atoms with Crippen LogP contribution in [0.15, 0.2) is 42.7 Å². The summed E-state index contributed by atoms with van der Waals surface area (Å²) in [7, 11) is 1.69. The van der Waals surface area contributed by atoms with Gasteiger partial charge in [0.2, 0.25) is 0 Å². The van der Waals surface area contributed by atoms with E-state index in [-0.39, 0.29) is 0 Å². The molecule has 0 unspecified atom stereocenters. The lowest BCUT2D eigenvalue weighted by Crippen LogP contribution is -2.38. The normalized spacial score (nSPS) is 15.6. The molecule has 2 heterocycles. The number of rotatable bonds is 8. The van der Waals surface area contributed by atoms with Gasteiger partial charge in [-0.1, -0.05) is 13.0 Å². The summed E-state index contributed by atoms with van der Waals surface area (Å²) in [6.07, 6.45) is 6.97. The van der Waals surface area contributed by atoms with Crippen LogP contribution in [0.3, 0.4) is 0 Å². The van der Waals surface area contributed by atoms with E-state index in [1.54, 1.807) is 13.3 Å². The van der Waals surface area contributed by atoms with Crippen LogP contribution >= 0.6 is 0 Å². The van der Waals surface area contributed by atoms with E-state index in [0.29, 0.717) is 12.6 Å². The number of pyridine rings is 1. The molecule has 0 spiro atoms. The molecular formula is C21H29N3O2. The van der Waals surface area contributed by atoms with Crippen LogP contribution in [-0.2, 0) is 6.54 Å². The summed E-state index contributed by atoms with van der Waals surface area (Å²) in [4.78, 5) is 6.68. The van der Waals surface area contributed by atoms with Crippen molar-refractivity contribution in [1.29, 1.82) is 0 Å². The molecule has 1 aromatic carbocycles. The largest absolute Gasteiger partial charge is 0.493 e. The number of hydrogen-bond acceptors (Lipinski definition) is 5. The molecule has 1 aromatic heterocycles. The molecule has 1 saturated heterocycles. The second kappa shape index (κ2) is 9.43. The predicted molar refractivity (Wildman–Crippen MR) is 105 cm³/mol. The second-order valence-electron chi connectivity index (χ2n) is 6.77. The number of piperidine rings is 1. The van der Waals surface area contributed by atoms with Gasteiger partial charge in [0, 0.05) is 38.1 Å². The Morgan fingerprint density at radius 1 is 1.19 bits per heavy atom. The Kier molecular flexibility index (Phi) is 6.72. The van der Waals surface area contributed by atoms with E-state index in [4.69, 9.17) is 9.47 Å². The Morgan fingerprint density at radius 2 is 2.04 bits per heavy atom. The van der Waals surface area contributed by atoms with Crippen LogP contribution in [0.1, 0.15) is 31.7 Å². The number of methoxy groups -OCH3 is 1. The lowest BCUT2D eigenvalue weighted by Gasteiger charge is -2.33. The Balaban J connectivity index is 1.52. The lowest BCUT2D eigenvalue weighted by atomic mass is 10.0. The molecule has 0 atom stereocenters. The van der Waals surface area contributed by atoms with Crippen molar-refractivity contribution in [3.8, 4) is 11.5 Å². The summed E-state index contributed by atoms with van der Waals surface area (Å²) in [6, 6.07) is 10.8. The minimum Gasteiger partial charge on any atom is -0.493 e. The number of anilines is 1. The summed E-state index contributed by atoms with van der Waals surface area (Å²) in [5.74, 6) is 1.65. The number of hydrogen-bond donors (Lipinski definition) is 1. The van der Waals surface area contributed by atoms with Crippen LogP contribution in [0.25, 0.3) is 0 Å². The summed E-state index contributed by atoms with van der Waals surface area (Å²) in [6.45, 7) is 5.96. The summed E-state index contributed by atoms with van der Waals surface area (Å²) >= 11 is 0. The lowest BCUT2D eigenvalue weighted by molar-refractivity contribution is 0.210. The second-order valence-corrected chi connectivity index (χ2v) is 6.77. The molecule has 0 radical (unpaired) electrons. The average molecular weight is 355 g/mol. The molecule has 2 aromatic rings. The van der Waals surface area contributed by atoms with Crippen molar-refractivity contribution in [2.75, 3.05) is 32.1 Å². The topological polar surface area (TPSA) is 46.6 Å². The fourth-order valence-corrected chi connectivity index (χ4v) is 3.32. The van der Waals surface area contributed by atoms with Crippen LogP contribution in [0.5, 0.6) is 11.5 Å². The van der Waals surface area contributed by atoms with Gasteiger partial charge in [0.15, 0.2) is 11.5 Å². The number of aromatic nitrogens is 1. The van der Waals surface area contributed by atoms with E-state index in [1.807, 2.05) is 18.3 Å². The Morgan fingerprint density at radius 3 is 2.73 bits per heavy atom. The van der Waals surface area contributed by atoms with Crippen molar-refractivity contribution in [3.05, 3.63) is 48.3 Å². The Bertz CT molecular complexity index is 670. The zero-order valence-corrected chi connectivity index (χ0v) is 15.8. The molecule has 1 aliphatic heterocycles. The van der Waals surface area contributed by atoms with Gasteiger partial charge >= 0.3 is 0 Å². The predicted octanol–water partition coefficient (Wildman–Crippen LogP) is 3.96. The first-order chi connectivity index (χ1) is 12.8. The first-order valence-electron chi connectivity index (χ1n) is 9.47. The Labute approximate surface area is 156 Å². The van der Waals surface area contributed by atoms with Crippen LogP contribution < -0.4 is 14.8 Å². The smallest absolute Gasteiger partial charge is 0.161 e. The van der Waals surface area contributed by atoms with Gasteiger partial charge in [0.1, 0.15) is 0 Å². The van der Waals surface area contributed by atoms with Gasteiger partial charge in [0.25, 0.3) is 0 Å². The molecule has 1 N–H and O–H groups in total. The molecule has 0 bridgehead atoms. The number of benzene rings is 1. The third-order valence-electron chi connectivity index (χ3n) is 4.72. The van der Waals surface area contributed by atoms with Gasteiger partial charge in [0.05, 0.1) is 19.4 Å². The first kappa shape index (κ1) is 18.5. The van der Waals surface area contributed by atoms with E-state index in [9.17, 15) is 0 Å². The van der Waals surface area contributed by atoms with Gasteiger partial charge in [-0.2, -0.15) is 0 Å². The van der Waals surface area contributed by atoms with Gasteiger partial charge in [-0.15, -0.1) is 0 Å². The average Bonchev–Trinajstić information content (AvgIpc) is 2.69. The molecule has 0 saturated carbocycles. The van der Waals surface area contributed by atoms with Crippen molar-refractivity contribution >= 4 is 5.69 Å². The third kappa shape index (κ3) is 5.11. The van der Waals surface area contributed by atoms with E-state index < -0.39 is 0 Å². The molecule has 140 valence electrons. The zero-order chi connectivity index (χ0) is 18.2. The molecule has 5 heteroatoms. The number of likely N-dealkylation sites (tertiary alicyclic amines) is 1.